The average Bonchev–Trinajstić information content (AvgIpc) is 2.40. The van der Waals surface area contributed by atoms with Crippen molar-refractivity contribution in [2.75, 3.05) is 19.7 Å². The predicted octanol–water partition coefficient (Wildman–Crippen LogP) is 1.56. The Morgan fingerprint density at radius 3 is 2.78 bits per heavy atom. The Morgan fingerprint density at radius 2 is 2.06 bits per heavy atom. The number of aliphatic hydroxyl groups is 1. The van der Waals surface area contributed by atoms with Crippen LogP contribution >= 0.6 is 0 Å². The monoisotopic (exact) mass is 255 g/mol. The Kier molecular flexibility index (Phi) is 5.01. The van der Waals surface area contributed by atoms with E-state index in [1.54, 1.807) is 0 Å². The second kappa shape index (κ2) is 6.53. The van der Waals surface area contributed by atoms with E-state index in [9.17, 15) is 9.90 Å². The molecule has 0 aromatic rings. The van der Waals surface area contributed by atoms with Gasteiger partial charge in [-0.15, -0.1) is 0 Å². The number of likely N-dealkylation sites (tertiary alicyclic amines) is 1. The number of carbonyl (C=O) groups is 1. The summed E-state index contributed by atoms with van der Waals surface area (Å²) < 4.78 is 5.12. The fourth-order valence-corrected chi connectivity index (χ4v) is 3.28. The number of esters is 1. The molecule has 1 N–H and O–H groups in total. The van der Waals surface area contributed by atoms with Crippen LogP contribution in [-0.4, -0.2) is 47.8 Å². The molecule has 18 heavy (non-hydrogen) atoms. The highest BCUT2D eigenvalue weighted by atomic mass is 16.5. The van der Waals surface area contributed by atoms with Crippen molar-refractivity contribution in [3.05, 3.63) is 0 Å². The molecular formula is C14H25NO3. The van der Waals surface area contributed by atoms with Crippen molar-refractivity contribution in [1.82, 2.24) is 4.90 Å². The third-order valence-corrected chi connectivity index (χ3v) is 4.24. The highest BCUT2D eigenvalue weighted by Crippen LogP contribution is 2.27. The van der Waals surface area contributed by atoms with Crippen LogP contribution in [0.2, 0.25) is 0 Å². The van der Waals surface area contributed by atoms with Gasteiger partial charge in [0.05, 0.1) is 18.6 Å². The molecule has 0 aromatic heterocycles. The minimum Gasteiger partial charge on any atom is -0.466 e. The topological polar surface area (TPSA) is 49.8 Å². The Labute approximate surface area is 109 Å². The van der Waals surface area contributed by atoms with E-state index in [0.717, 1.165) is 45.2 Å². The maximum atomic E-state index is 11.8. The lowest BCUT2D eigenvalue weighted by atomic mass is 9.88. The maximum Gasteiger partial charge on any atom is 0.310 e. The third-order valence-electron chi connectivity index (χ3n) is 4.24. The Balaban J connectivity index is 1.91. The summed E-state index contributed by atoms with van der Waals surface area (Å²) in [5.41, 5.74) is 0. The van der Waals surface area contributed by atoms with Crippen molar-refractivity contribution in [1.29, 1.82) is 0 Å². The van der Waals surface area contributed by atoms with Crippen LogP contribution in [0, 0.1) is 5.92 Å². The first-order valence-electron chi connectivity index (χ1n) is 7.31. The van der Waals surface area contributed by atoms with Gasteiger partial charge in [-0.25, -0.2) is 0 Å². The summed E-state index contributed by atoms with van der Waals surface area (Å²) in [4.78, 5) is 14.1. The van der Waals surface area contributed by atoms with Gasteiger partial charge in [0, 0.05) is 12.6 Å². The molecule has 0 aromatic carbocycles. The first kappa shape index (κ1) is 13.8. The number of hydrogen-bond acceptors (Lipinski definition) is 4. The quantitative estimate of drug-likeness (QED) is 0.778. The molecule has 1 unspecified atom stereocenters. The van der Waals surface area contributed by atoms with E-state index in [-0.39, 0.29) is 24.0 Å². The van der Waals surface area contributed by atoms with Crippen molar-refractivity contribution in [3.63, 3.8) is 0 Å². The molecule has 2 aliphatic rings. The highest BCUT2D eigenvalue weighted by Gasteiger charge is 2.34. The maximum absolute atomic E-state index is 11.8. The SMILES string of the molecule is CCOC(=O)C1CCCN([C@@H]2CCCC[C@H]2O)C1. The lowest BCUT2D eigenvalue weighted by Crippen LogP contribution is -2.50. The van der Waals surface area contributed by atoms with E-state index < -0.39 is 0 Å². The van der Waals surface area contributed by atoms with Crippen LogP contribution in [-0.2, 0) is 9.53 Å². The van der Waals surface area contributed by atoms with Gasteiger partial charge in [-0.05, 0) is 39.2 Å². The minimum atomic E-state index is -0.209. The second-order valence-electron chi connectivity index (χ2n) is 5.51. The number of ether oxygens (including phenoxy) is 1. The van der Waals surface area contributed by atoms with Crippen molar-refractivity contribution in [3.8, 4) is 0 Å². The van der Waals surface area contributed by atoms with Gasteiger partial charge in [-0.3, -0.25) is 9.69 Å². The van der Waals surface area contributed by atoms with Gasteiger partial charge in [0.15, 0.2) is 0 Å². The molecule has 0 spiro atoms. The van der Waals surface area contributed by atoms with Crippen LogP contribution in [0.15, 0.2) is 0 Å². The summed E-state index contributed by atoms with van der Waals surface area (Å²) in [5.74, 6) is -0.0553. The van der Waals surface area contributed by atoms with Crippen molar-refractivity contribution < 1.29 is 14.6 Å². The summed E-state index contributed by atoms with van der Waals surface area (Å²) in [6.07, 6.45) is 6.06. The molecule has 4 nitrogen and oxygen atoms in total. The molecule has 1 aliphatic carbocycles. The standard InChI is InChI=1S/C14H25NO3/c1-2-18-14(17)11-6-5-9-15(10-11)12-7-3-4-8-13(12)16/h11-13,16H,2-10H2,1H3/t11?,12-,13-/m1/s1. The highest BCUT2D eigenvalue weighted by molar-refractivity contribution is 5.72. The molecule has 1 saturated heterocycles. The van der Waals surface area contributed by atoms with Crippen LogP contribution in [0.3, 0.4) is 0 Å². The summed E-state index contributed by atoms with van der Waals surface area (Å²) in [6, 6.07) is 0.260. The lowest BCUT2D eigenvalue weighted by Gasteiger charge is -2.41. The Morgan fingerprint density at radius 1 is 1.28 bits per heavy atom. The summed E-state index contributed by atoms with van der Waals surface area (Å²) in [5, 5.41) is 10.1. The Bertz CT molecular complexity index is 282. The number of nitrogens with zero attached hydrogens (tertiary/aromatic N) is 1. The van der Waals surface area contributed by atoms with Crippen LogP contribution in [0.5, 0.6) is 0 Å². The molecule has 1 aliphatic heterocycles. The van der Waals surface area contributed by atoms with Gasteiger partial charge in [-0.1, -0.05) is 12.8 Å². The molecule has 1 saturated carbocycles. The third kappa shape index (κ3) is 3.23. The van der Waals surface area contributed by atoms with Gasteiger partial charge in [-0.2, -0.15) is 0 Å². The van der Waals surface area contributed by atoms with Crippen LogP contribution < -0.4 is 0 Å². The van der Waals surface area contributed by atoms with Crippen LogP contribution in [0.1, 0.15) is 45.4 Å². The van der Waals surface area contributed by atoms with Gasteiger partial charge in [0.1, 0.15) is 0 Å². The minimum absolute atomic E-state index is 0.00725. The Hall–Kier alpha value is -0.610. The molecule has 3 atom stereocenters. The van der Waals surface area contributed by atoms with Crippen molar-refractivity contribution in [2.45, 2.75) is 57.6 Å². The number of rotatable bonds is 3. The summed E-state index contributed by atoms with van der Waals surface area (Å²) >= 11 is 0. The number of piperidine rings is 1. The fraction of sp³-hybridized carbons (Fsp3) is 0.929. The van der Waals surface area contributed by atoms with Crippen LogP contribution in [0.25, 0.3) is 0 Å². The first-order chi connectivity index (χ1) is 8.72. The number of aliphatic hydroxyl groups excluding tert-OH is 1. The summed E-state index contributed by atoms with van der Waals surface area (Å²) in [7, 11) is 0. The van der Waals surface area contributed by atoms with E-state index in [1.165, 1.54) is 6.42 Å². The van der Waals surface area contributed by atoms with E-state index in [2.05, 4.69) is 4.90 Å². The van der Waals surface area contributed by atoms with Crippen molar-refractivity contribution >= 4 is 5.97 Å². The number of carbonyl (C=O) groups excluding carboxylic acids is 1. The van der Waals surface area contributed by atoms with Gasteiger partial charge < -0.3 is 9.84 Å². The predicted molar refractivity (Wildman–Crippen MR) is 69.2 cm³/mol. The average molecular weight is 255 g/mol. The molecule has 1 heterocycles. The zero-order valence-electron chi connectivity index (χ0n) is 11.3. The summed E-state index contributed by atoms with van der Waals surface area (Å²) in [6.45, 7) is 4.09. The van der Waals surface area contributed by atoms with E-state index >= 15 is 0 Å². The molecule has 0 bridgehead atoms. The van der Waals surface area contributed by atoms with E-state index in [1.807, 2.05) is 6.92 Å². The molecule has 4 heteroatoms. The molecule has 0 amide bonds. The normalized spacial score (nSPS) is 34.2. The molecule has 0 radical (unpaired) electrons. The fourth-order valence-electron chi connectivity index (χ4n) is 3.28. The van der Waals surface area contributed by atoms with E-state index in [4.69, 9.17) is 4.74 Å². The number of hydrogen-bond donors (Lipinski definition) is 1. The van der Waals surface area contributed by atoms with Crippen LogP contribution in [0.4, 0.5) is 0 Å². The van der Waals surface area contributed by atoms with Gasteiger partial charge in [0.2, 0.25) is 0 Å². The zero-order valence-corrected chi connectivity index (χ0v) is 11.3. The zero-order chi connectivity index (χ0) is 13.0. The largest absolute Gasteiger partial charge is 0.466 e. The molecular weight excluding hydrogens is 230 g/mol. The second-order valence-corrected chi connectivity index (χ2v) is 5.51. The molecule has 2 fully saturated rings. The molecule has 2 rings (SSSR count). The van der Waals surface area contributed by atoms with Gasteiger partial charge >= 0.3 is 5.97 Å². The molecule has 104 valence electrons. The van der Waals surface area contributed by atoms with Gasteiger partial charge in [0.25, 0.3) is 0 Å². The van der Waals surface area contributed by atoms with E-state index in [0.29, 0.717) is 6.61 Å². The lowest BCUT2D eigenvalue weighted by molar-refractivity contribution is -0.150. The smallest absolute Gasteiger partial charge is 0.310 e. The van der Waals surface area contributed by atoms with Crippen molar-refractivity contribution in [2.24, 2.45) is 5.92 Å². The first-order valence-corrected chi connectivity index (χ1v) is 7.31.